The van der Waals surface area contributed by atoms with E-state index in [2.05, 4.69) is 39.5 Å². The minimum atomic E-state index is -0.833. The summed E-state index contributed by atoms with van der Waals surface area (Å²) in [6, 6.07) is 0. The van der Waals surface area contributed by atoms with Crippen molar-refractivity contribution >= 4 is 5.97 Å². The molecule has 0 saturated carbocycles. The van der Waals surface area contributed by atoms with E-state index in [0.29, 0.717) is 0 Å². The molecule has 0 heterocycles. The zero-order valence-electron chi connectivity index (χ0n) is 13.5. The van der Waals surface area contributed by atoms with Gasteiger partial charge in [-0.15, -0.1) is 0 Å². The summed E-state index contributed by atoms with van der Waals surface area (Å²) in [5, 5.41) is 7.42. The third-order valence-electron chi connectivity index (χ3n) is 2.55. The Morgan fingerprint density at radius 3 is 1.22 bits per heavy atom. The van der Waals surface area contributed by atoms with Gasteiger partial charge in [0.25, 0.3) is 5.97 Å². The van der Waals surface area contributed by atoms with Crippen LogP contribution in [0.25, 0.3) is 0 Å². The third kappa shape index (κ3) is 36.1. The molecular formula is C15H35NO2. The fourth-order valence-corrected chi connectivity index (χ4v) is 1.35. The highest BCUT2D eigenvalue weighted by Crippen LogP contribution is 2.00. The van der Waals surface area contributed by atoms with Crippen molar-refractivity contribution in [2.75, 3.05) is 19.6 Å². The first-order chi connectivity index (χ1) is 8.49. The molecule has 0 aliphatic carbocycles. The van der Waals surface area contributed by atoms with E-state index < -0.39 is 5.97 Å². The molecular weight excluding hydrogens is 226 g/mol. The molecule has 0 aromatic carbocycles. The predicted molar refractivity (Wildman–Crippen MR) is 81.2 cm³/mol. The zero-order valence-corrected chi connectivity index (χ0v) is 13.5. The van der Waals surface area contributed by atoms with Gasteiger partial charge in [-0.05, 0) is 19.6 Å². The number of nitrogens with zero attached hydrogens (tertiary/aromatic N) is 1. The Bertz CT molecular complexity index is 132. The Kier molecular flexibility index (Phi) is 27.2. The van der Waals surface area contributed by atoms with Crippen molar-refractivity contribution in [1.29, 1.82) is 0 Å². The first kappa shape index (κ1) is 22.6. The molecule has 18 heavy (non-hydrogen) atoms. The lowest BCUT2D eigenvalue weighted by molar-refractivity contribution is -0.134. The van der Waals surface area contributed by atoms with E-state index in [0.717, 1.165) is 6.92 Å². The molecule has 1 N–H and O–H groups in total. The Labute approximate surface area is 115 Å². The summed E-state index contributed by atoms with van der Waals surface area (Å²) in [4.78, 5) is 11.4. The number of carbonyl (C=O) groups is 1. The quantitative estimate of drug-likeness (QED) is 0.690. The van der Waals surface area contributed by atoms with Crippen LogP contribution in [0, 0.1) is 0 Å². The normalized spacial score (nSPS) is 9.06. The summed E-state index contributed by atoms with van der Waals surface area (Å²) < 4.78 is 0. The summed E-state index contributed by atoms with van der Waals surface area (Å²) in [5.41, 5.74) is 0. The van der Waals surface area contributed by atoms with Gasteiger partial charge in [-0.2, -0.15) is 0 Å². The topological polar surface area (TPSA) is 40.5 Å². The molecule has 0 aromatic rings. The molecule has 112 valence electrons. The van der Waals surface area contributed by atoms with E-state index in [9.17, 15) is 0 Å². The van der Waals surface area contributed by atoms with Crippen LogP contribution < -0.4 is 0 Å². The van der Waals surface area contributed by atoms with E-state index in [-0.39, 0.29) is 0 Å². The van der Waals surface area contributed by atoms with Crippen molar-refractivity contribution < 1.29 is 9.90 Å². The maximum absolute atomic E-state index is 9.00. The lowest BCUT2D eigenvalue weighted by atomic mass is 10.2. The van der Waals surface area contributed by atoms with E-state index in [4.69, 9.17) is 9.90 Å². The van der Waals surface area contributed by atoms with E-state index in [1.165, 1.54) is 51.7 Å². The highest BCUT2D eigenvalue weighted by Gasteiger charge is 1.89. The molecule has 0 amide bonds. The zero-order chi connectivity index (χ0) is 14.8. The molecule has 0 fully saturated rings. The Balaban J connectivity index is -0.000000196. The second-order valence-electron chi connectivity index (χ2n) is 4.20. The number of hydrogen-bond donors (Lipinski definition) is 1. The van der Waals surface area contributed by atoms with Crippen molar-refractivity contribution in [3.63, 3.8) is 0 Å². The highest BCUT2D eigenvalue weighted by molar-refractivity contribution is 5.62. The summed E-state index contributed by atoms with van der Waals surface area (Å²) in [7, 11) is 0. The first-order valence-corrected chi connectivity index (χ1v) is 7.41. The molecule has 0 aliphatic heterocycles. The lowest BCUT2D eigenvalue weighted by Gasteiger charge is -2.13. The first-order valence-electron chi connectivity index (χ1n) is 7.41. The number of hydrogen-bond acceptors (Lipinski definition) is 2. The molecule has 0 saturated heterocycles. The van der Waals surface area contributed by atoms with Gasteiger partial charge in [0.05, 0.1) is 0 Å². The van der Waals surface area contributed by atoms with Crippen LogP contribution in [0.1, 0.15) is 73.6 Å². The number of carboxylic acids is 1. The average molecular weight is 261 g/mol. The molecule has 0 aromatic heterocycles. The molecule has 0 unspecified atom stereocenters. The van der Waals surface area contributed by atoms with Crippen LogP contribution in [0.3, 0.4) is 0 Å². The van der Waals surface area contributed by atoms with Crippen LogP contribution in [0.15, 0.2) is 0 Å². The predicted octanol–water partition coefficient (Wildman–Crippen LogP) is 4.42. The Hall–Kier alpha value is -0.570. The fraction of sp³-hybridized carbons (Fsp3) is 0.933. The molecule has 3 heteroatoms. The lowest BCUT2D eigenvalue weighted by Crippen LogP contribution is -2.21. The summed E-state index contributed by atoms with van der Waals surface area (Å²) >= 11 is 0. The highest BCUT2D eigenvalue weighted by atomic mass is 16.4. The van der Waals surface area contributed by atoms with Crippen LogP contribution in [0.2, 0.25) is 0 Å². The number of carboxylic acid groups (broad SMARTS) is 1. The van der Waals surface area contributed by atoms with Crippen molar-refractivity contribution in [2.45, 2.75) is 73.6 Å². The Morgan fingerprint density at radius 2 is 1.11 bits per heavy atom. The summed E-state index contributed by atoms with van der Waals surface area (Å²) in [6.07, 6.45) is 7.01. The SMILES string of the molecule is CC(=O)O.CCCCCCC.CCN(CC)CC. The number of aliphatic carboxylic acids is 1. The number of unbranched alkanes of at least 4 members (excludes halogenated alkanes) is 4. The van der Waals surface area contributed by atoms with Gasteiger partial charge in [0, 0.05) is 6.92 Å². The van der Waals surface area contributed by atoms with Gasteiger partial charge < -0.3 is 10.0 Å². The molecule has 0 bridgehead atoms. The van der Waals surface area contributed by atoms with Crippen molar-refractivity contribution in [1.82, 2.24) is 4.90 Å². The van der Waals surface area contributed by atoms with Crippen molar-refractivity contribution in [3.8, 4) is 0 Å². The Morgan fingerprint density at radius 1 is 0.833 bits per heavy atom. The van der Waals surface area contributed by atoms with Gasteiger partial charge in [0.15, 0.2) is 0 Å². The summed E-state index contributed by atoms with van der Waals surface area (Å²) in [5.74, 6) is -0.833. The molecule has 0 radical (unpaired) electrons. The second-order valence-corrected chi connectivity index (χ2v) is 4.20. The van der Waals surface area contributed by atoms with Crippen LogP contribution in [-0.2, 0) is 4.79 Å². The van der Waals surface area contributed by atoms with Gasteiger partial charge in [-0.3, -0.25) is 4.79 Å². The second kappa shape index (κ2) is 21.7. The van der Waals surface area contributed by atoms with E-state index in [1.54, 1.807) is 0 Å². The largest absolute Gasteiger partial charge is 0.481 e. The van der Waals surface area contributed by atoms with Crippen LogP contribution in [0.5, 0.6) is 0 Å². The molecule has 0 spiro atoms. The van der Waals surface area contributed by atoms with E-state index in [1.807, 2.05) is 0 Å². The monoisotopic (exact) mass is 261 g/mol. The third-order valence-corrected chi connectivity index (χ3v) is 2.55. The van der Waals surface area contributed by atoms with Crippen LogP contribution >= 0.6 is 0 Å². The smallest absolute Gasteiger partial charge is 0.300 e. The number of rotatable bonds is 7. The maximum Gasteiger partial charge on any atom is 0.300 e. The average Bonchev–Trinajstić information content (AvgIpc) is 2.32. The van der Waals surface area contributed by atoms with Crippen LogP contribution in [-0.4, -0.2) is 35.6 Å². The molecule has 0 aliphatic rings. The molecule has 0 rings (SSSR count). The fourth-order valence-electron chi connectivity index (χ4n) is 1.35. The van der Waals surface area contributed by atoms with Gasteiger partial charge in [0.2, 0.25) is 0 Å². The maximum atomic E-state index is 9.00. The molecule has 3 nitrogen and oxygen atoms in total. The standard InChI is InChI=1S/C7H16.C6H15N.C2H4O2/c1-3-5-7-6-4-2;1-4-7(5-2)6-3;1-2(3)4/h3-7H2,1-2H3;4-6H2,1-3H3;1H3,(H,3,4). The van der Waals surface area contributed by atoms with Gasteiger partial charge in [0.1, 0.15) is 0 Å². The van der Waals surface area contributed by atoms with Gasteiger partial charge in [-0.1, -0.05) is 66.7 Å². The van der Waals surface area contributed by atoms with E-state index >= 15 is 0 Å². The minimum absolute atomic E-state index is 0.833. The van der Waals surface area contributed by atoms with Gasteiger partial charge in [-0.25, -0.2) is 0 Å². The van der Waals surface area contributed by atoms with Gasteiger partial charge >= 0.3 is 0 Å². The van der Waals surface area contributed by atoms with Crippen LogP contribution in [0.4, 0.5) is 0 Å². The van der Waals surface area contributed by atoms with Crippen molar-refractivity contribution in [3.05, 3.63) is 0 Å². The van der Waals surface area contributed by atoms with Crippen molar-refractivity contribution in [2.24, 2.45) is 0 Å². The molecule has 0 atom stereocenters. The summed E-state index contributed by atoms with van der Waals surface area (Å²) in [6.45, 7) is 15.7. The minimum Gasteiger partial charge on any atom is -0.481 e.